The van der Waals surface area contributed by atoms with Gasteiger partial charge in [0.15, 0.2) is 0 Å². The molecule has 1 spiro atoms. The summed E-state index contributed by atoms with van der Waals surface area (Å²) in [6.07, 6.45) is 2.50. The lowest BCUT2D eigenvalue weighted by molar-refractivity contribution is 0.252. The van der Waals surface area contributed by atoms with Gasteiger partial charge in [-0.15, -0.1) is 0 Å². The van der Waals surface area contributed by atoms with Crippen LogP contribution < -0.4 is 0 Å². The van der Waals surface area contributed by atoms with Crippen molar-refractivity contribution in [2.75, 3.05) is 0 Å². The van der Waals surface area contributed by atoms with Crippen molar-refractivity contribution in [3.8, 4) is 11.1 Å². The monoisotopic (exact) mass is 296 g/mol. The van der Waals surface area contributed by atoms with Gasteiger partial charge in [-0.2, -0.15) is 0 Å². The Balaban J connectivity index is 2.11. The van der Waals surface area contributed by atoms with E-state index in [1.807, 2.05) is 6.07 Å². The summed E-state index contributed by atoms with van der Waals surface area (Å²) in [4.78, 5) is 0. The van der Waals surface area contributed by atoms with Crippen molar-refractivity contribution in [1.29, 1.82) is 0 Å². The topological polar surface area (TPSA) is 0 Å². The Morgan fingerprint density at radius 3 is 2.38 bits per heavy atom. The molecule has 0 saturated heterocycles. The predicted octanol–water partition coefficient (Wildman–Crippen LogP) is 6.06. The van der Waals surface area contributed by atoms with Gasteiger partial charge >= 0.3 is 0 Å². The molecule has 0 N–H and O–H groups in total. The lowest BCUT2D eigenvalue weighted by Gasteiger charge is -2.40. The maximum absolute atomic E-state index is 6.36. The Morgan fingerprint density at radius 1 is 0.952 bits per heavy atom. The van der Waals surface area contributed by atoms with Crippen molar-refractivity contribution in [1.82, 2.24) is 0 Å². The summed E-state index contributed by atoms with van der Waals surface area (Å²) in [6, 6.07) is 15.4. The van der Waals surface area contributed by atoms with E-state index in [4.69, 9.17) is 11.6 Å². The van der Waals surface area contributed by atoms with E-state index >= 15 is 0 Å². The third-order valence-corrected chi connectivity index (χ3v) is 6.02. The highest BCUT2D eigenvalue weighted by Crippen LogP contribution is 2.65. The zero-order valence-electron chi connectivity index (χ0n) is 12.9. The normalized spacial score (nSPS) is 28.7. The highest BCUT2D eigenvalue weighted by atomic mass is 35.5. The Morgan fingerprint density at radius 2 is 1.67 bits per heavy atom. The third-order valence-electron chi connectivity index (χ3n) is 5.79. The van der Waals surface area contributed by atoms with E-state index in [1.54, 1.807) is 0 Å². The average Bonchev–Trinajstić information content (AvgIpc) is 2.84. The van der Waals surface area contributed by atoms with Gasteiger partial charge in [0.05, 0.1) is 0 Å². The van der Waals surface area contributed by atoms with Gasteiger partial charge in [-0.05, 0) is 58.6 Å². The van der Waals surface area contributed by atoms with Crippen molar-refractivity contribution >= 4 is 11.6 Å². The summed E-state index contributed by atoms with van der Waals surface area (Å²) < 4.78 is 0. The quantitative estimate of drug-likeness (QED) is 0.554. The molecule has 1 heteroatoms. The van der Waals surface area contributed by atoms with E-state index in [0.29, 0.717) is 0 Å². The molecule has 0 aromatic heterocycles. The summed E-state index contributed by atoms with van der Waals surface area (Å²) in [5, 5.41) is 0.858. The molecule has 1 saturated carbocycles. The highest BCUT2D eigenvalue weighted by Gasteiger charge is 2.57. The van der Waals surface area contributed by atoms with Crippen molar-refractivity contribution < 1.29 is 0 Å². The van der Waals surface area contributed by atoms with E-state index in [9.17, 15) is 0 Å². The molecule has 0 radical (unpaired) electrons. The SMILES string of the molecule is CC1CC(C)(C)C2(C1)c1ccccc1-c1ccc(Cl)cc12. The van der Waals surface area contributed by atoms with Crippen molar-refractivity contribution in [2.24, 2.45) is 11.3 Å². The van der Waals surface area contributed by atoms with E-state index < -0.39 is 0 Å². The molecule has 0 aliphatic heterocycles. The number of hydrogen-bond donors (Lipinski definition) is 0. The first-order chi connectivity index (χ1) is 9.96. The van der Waals surface area contributed by atoms with Crippen molar-refractivity contribution in [2.45, 2.75) is 39.0 Å². The van der Waals surface area contributed by atoms with Crippen molar-refractivity contribution in [3.05, 3.63) is 58.6 Å². The van der Waals surface area contributed by atoms with E-state index in [-0.39, 0.29) is 10.8 Å². The lowest BCUT2D eigenvalue weighted by atomic mass is 9.62. The van der Waals surface area contributed by atoms with Gasteiger partial charge in [-0.3, -0.25) is 0 Å². The molecule has 0 nitrogen and oxygen atoms in total. The second-order valence-corrected chi connectivity index (χ2v) is 7.97. The largest absolute Gasteiger partial charge is 0.0843 e. The molecule has 2 aromatic carbocycles. The number of rotatable bonds is 0. The van der Waals surface area contributed by atoms with Crippen LogP contribution in [0.1, 0.15) is 44.7 Å². The smallest absolute Gasteiger partial charge is 0.0409 e. The predicted molar refractivity (Wildman–Crippen MR) is 89.8 cm³/mol. The fourth-order valence-electron chi connectivity index (χ4n) is 5.21. The molecule has 2 unspecified atom stereocenters. The fourth-order valence-corrected chi connectivity index (χ4v) is 5.38. The molecular formula is C20H21Cl. The van der Waals surface area contributed by atoms with Crippen LogP contribution in [0, 0.1) is 11.3 Å². The second-order valence-electron chi connectivity index (χ2n) is 7.54. The Labute approximate surface area is 132 Å². The molecule has 2 aliphatic rings. The molecule has 2 atom stereocenters. The highest BCUT2D eigenvalue weighted by molar-refractivity contribution is 6.30. The van der Waals surface area contributed by atoms with Crippen LogP contribution in [-0.4, -0.2) is 0 Å². The molecule has 108 valence electrons. The number of hydrogen-bond acceptors (Lipinski definition) is 0. The Bertz CT molecular complexity index is 728. The van der Waals surface area contributed by atoms with Crippen LogP contribution in [0.4, 0.5) is 0 Å². The van der Waals surface area contributed by atoms with Gasteiger partial charge in [0.2, 0.25) is 0 Å². The van der Waals surface area contributed by atoms with Crippen LogP contribution in [0.3, 0.4) is 0 Å². The molecule has 0 amide bonds. The first kappa shape index (κ1) is 13.4. The maximum atomic E-state index is 6.36. The van der Waals surface area contributed by atoms with Gasteiger partial charge < -0.3 is 0 Å². The Hall–Kier alpha value is -1.27. The summed E-state index contributed by atoms with van der Waals surface area (Å²) in [6.45, 7) is 7.26. The van der Waals surface area contributed by atoms with Crippen LogP contribution >= 0.6 is 11.6 Å². The van der Waals surface area contributed by atoms with Gasteiger partial charge in [0, 0.05) is 10.4 Å². The minimum absolute atomic E-state index is 0.128. The van der Waals surface area contributed by atoms with Crippen LogP contribution in [0.25, 0.3) is 11.1 Å². The molecule has 2 aromatic rings. The maximum Gasteiger partial charge on any atom is 0.0409 e. The second kappa shape index (κ2) is 4.14. The molecule has 0 heterocycles. The van der Waals surface area contributed by atoms with Crippen molar-refractivity contribution in [3.63, 3.8) is 0 Å². The minimum atomic E-state index is 0.128. The van der Waals surface area contributed by atoms with Crippen LogP contribution in [0.5, 0.6) is 0 Å². The number of fused-ring (bicyclic) bond motifs is 5. The van der Waals surface area contributed by atoms with Crippen LogP contribution in [-0.2, 0) is 5.41 Å². The minimum Gasteiger partial charge on any atom is -0.0843 e. The number of benzene rings is 2. The first-order valence-corrected chi connectivity index (χ1v) is 8.23. The summed E-state index contributed by atoms with van der Waals surface area (Å²) in [5.41, 5.74) is 6.15. The zero-order valence-corrected chi connectivity index (χ0v) is 13.7. The molecule has 0 bridgehead atoms. The summed E-state index contributed by atoms with van der Waals surface area (Å²) in [5.74, 6) is 0.748. The van der Waals surface area contributed by atoms with Crippen LogP contribution in [0.2, 0.25) is 5.02 Å². The zero-order chi connectivity index (χ0) is 14.8. The standard InChI is InChI=1S/C20H21Cl/c1-13-11-19(2,3)20(12-13)17-7-5-4-6-15(17)16-9-8-14(21)10-18(16)20/h4-10,13H,11-12H2,1-3H3. The van der Waals surface area contributed by atoms with E-state index in [1.165, 1.54) is 35.1 Å². The molecule has 2 aliphatic carbocycles. The first-order valence-electron chi connectivity index (χ1n) is 7.86. The Kier molecular flexibility index (Phi) is 2.64. The number of halogens is 1. The summed E-state index contributed by atoms with van der Waals surface area (Å²) in [7, 11) is 0. The third kappa shape index (κ3) is 1.57. The van der Waals surface area contributed by atoms with Gasteiger partial charge in [-0.1, -0.05) is 62.7 Å². The average molecular weight is 297 g/mol. The van der Waals surface area contributed by atoms with Gasteiger partial charge in [0.25, 0.3) is 0 Å². The van der Waals surface area contributed by atoms with E-state index in [2.05, 4.69) is 57.2 Å². The molecular weight excluding hydrogens is 276 g/mol. The van der Waals surface area contributed by atoms with Crippen LogP contribution in [0.15, 0.2) is 42.5 Å². The molecule has 1 fully saturated rings. The molecule has 4 rings (SSSR count). The fraction of sp³-hybridized carbons (Fsp3) is 0.400. The lowest BCUT2D eigenvalue weighted by Crippen LogP contribution is -2.36. The van der Waals surface area contributed by atoms with Gasteiger partial charge in [-0.25, -0.2) is 0 Å². The molecule has 21 heavy (non-hydrogen) atoms. The summed E-state index contributed by atoms with van der Waals surface area (Å²) >= 11 is 6.36. The van der Waals surface area contributed by atoms with E-state index in [0.717, 1.165) is 10.9 Å². The van der Waals surface area contributed by atoms with Gasteiger partial charge in [0.1, 0.15) is 0 Å².